The van der Waals surface area contributed by atoms with Crippen LogP contribution in [0.1, 0.15) is 66.1 Å². The maximum absolute atomic E-state index is 14.5. The van der Waals surface area contributed by atoms with Crippen LogP contribution in [0.25, 0.3) is 16.6 Å². The Balaban J connectivity index is 1.76. The normalized spacial score (nSPS) is 11.3. The Morgan fingerprint density at radius 2 is 1.97 bits per heavy atom. The van der Waals surface area contributed by atoms with Gasteiger partial charge in [0.25, 0.3) is 11.5 Å². The lowest BCUT2D eigenvalue weighted by atomic mass is 10.0. The monoisotopic (exact) mass is 490 g/mol. The van der Waals surface area contributed by atoms with Gasteiger partial charge < -0.3 is 15.0 Å². The Labute approximate surface area is 209 Å². The Kier molecular flexibility index (Phi) is 7.24. The number of benzene rings is 1. The van der Waals surface area contributed by atoms with E-state index < -0.39 is 5.82 Å². The second-order valence-corrected chi connectivity index (χ2v) is 9.24. The van der Waals surface area contributed by atoms with Gasteiger partial charge in [0.1, 0.15) is 12.0 Å². The predicted molar refractivity (Wildman–Crippen MR) is 138 cm³/mol. The van der Waals surface area contributed by atoms with Crippen LogP contribution in [0, 0.1) is 12.7 Å². The summed E-state index contributed by atoms with van der Waals surface area (Å²) >= 11 is 0. The molecule has 2 N–H and O–H groups in total. The number of H-pyrrole nitrogens is 1. The van der Waals surface area contributed by atoms with Gasteiger partial charge in [-0.3, -0.25) is 14.0 Å². The summed E-state index contributed by atoms with van der Waals surface area (Å²) in [6.07, 6.45) is 3.26. The molecule has 0 radical (unpaired) electrons. The van der Waals surface area contributed by atoms with Gasteiger partial charge in [0.15, 0.2) is 11.6 Å². The second-order valence-electron chi connectivity index (χ2n) is 9.24. The van der Waals surface area contributed by atoms with Crippen LogP contribution in [-0.2, 0) is 13.0 Å². The van der Waals surface area contributed by atoms with Crippen molar-refractivity contribution in [3.8, 4) is 16.9 Å². The number of ether oxygens (including phenoxy) is 1. The number of rotatable bonds is 8. The molecule has 0 saturated carbocycles. The molecule has 1 aromatic carbocycles. The number of methoxy groups -OCH3 is 1. The van der Waals surface area contributed by atoms with E-state index in [1.807, 2.05) is 32.9 Å². The van der Waals surface area contributed by atoms with Gasteiger partial charge >= 0.3 is 0 Å². The minimum absolute atomic E-state index is 0.0956. The number of carbonyl (C=O) groups excluding carboxylic acids is 1. The van der Waals surface area contributed by atoms with E-state index in [1.54, 1.807) is 28.9 Å². The smallest absolute Gasteiger partial charge is 0.268 e. The lowest BCUT2D eigenvalue weighted by Gasteiger charge is -2.14. The first-order valence-electron chi connectivity index (χ1n) is 12.1. The number of amides is 1. The average molecular weight is 491 g/mol. The zero-order valence-corrected chi connectivity index (χ0v) is 21.2. The van der Waals surface area contributed by atoms with Gasteiger partial charge in [0, 0.05) is 17.8 Å². The third-order valence-electron chi connectivity index (χ3n) is 6.25. The molecule has 0 unspecified atom stereocenters. The predicted octanol–water partition coefficient (Wildman–Crippen LogP) is 5.15. The van der Waals surface area contributed by atoms with Gasteiger partial charge in [-0.15, -0.1) is 0 Å². The molecule has 0 bridgehead atoms. The van der Waals surface area contributed by atoms with E-state index in [0.29, 0.717) is 22.4 Å². The molecule has 7 nitrogen and oxygen atoms in total. The fourth-order valence-electron chi connectivity index (χ4n) is 4.48. The zero-order chi connectivity index (χ0) is 26.0. The van der Waals surface area contributed by atoms with E-state index in [2.05, 4.69) is 22.2 Å². The highest BCUT2D eigenvalue weighted by atomic mass is 19.1. The number of nitrogens with zero attached hydrogens (tertiary/aromatic N) is 2. The van der Waals surface area contributed by atoms with Gasteiger partial charge in [-0.25, -0.2) is 9.37 Å². The van der Waals surface area contributed by atoms with Crippen LogP contribution in [0.15, 0.2) is 47.5 Å². The fraction of sp³-hybridized carbons (Fsp3) is 0.321. The summed E-state index contributed by atoms with van der Waals surface area (Å²) < 4.78 is 21.3. The highest BCUT2D eigenvalue weighted by molar-refractivity contribution is 5.95. The van der Waals surface area contributed by atoms with Crippen LogP contribution < -0.4 is 15.6 Å². The first-order chi connectivity index (χ1) is 17.2. The van der Waals surface area contributed by atoms with E-state index in [9.17, 15) is 14.0 Å². The van der Waals surface area contributed by atoms with E-state index in [1.165, 1.54) is 13.2 Å². The fourth-order valence-corrected chi connectivity index (χ4v) is 4.48. The maximum atomic E-state index is 14.5. The third-order valence-corrected chi connectivity index (χ3v) is 6.25. The van der Waals surface area contributed by atoms with E-state index in [0.717, 1.165) is 35.3 Å². The number of carbonyl (C=O) groups is 1. The quantitative estimate of drug-likeness (QED) is 0.357. The lowest BCUT2D eigenvalue weighted by Crippen LogP contribution is -2.29. The van der Waals surface area contributed by atoms with Gasteiger partial charge in [-0.05, 0) is 66.3 Å². The molecule has 0 saturated heterocycles. The van der Waals surface area contributed by atoms with Crippen molar-refractivity contribution < 1.29 is 13.9 Å². The van der Waals surface area contributed by atoms with E-state index in [-0.39, 0.29) is 29.7 Å². The topological polar surface area (TPSA) is 88.5 Å². The molecule has 0 spiro atoms. The molecule has 188 valence electrons. The molecule has 1 amide bonds. The lowest BCUT2D eigenvalue weighted by molar-refractivity contribution is 0.0944. The Bertz CT molecular complexity index is 1490. The van der Waals surface area contributed by atoms with E-state index in [4.69, 9.17) is 4.74 Å². The molecule has 36 heavy (non-hydrogen) atoms. The Hall–Kier alpha value is -3.94. The summed E-state index contributed by atoms with van der Waals surface area (Å²) in [6.45, 7) is 8.05. The number of hydrogen-bond donors (Lipinski definition) is 2. The number of aromatic amines is 1. The van der Waals surface area contributed by atoms with Crippen molar-refractivity contribution >= 4 is 11.4 Å². The summed E-state index contributed by atoms with van der Waals surface area (Å²) in [5, 5.41) is 2.91. The van der Waals surface area contributed by atoms with Crippen LogP contribution in [-0.4, -0.2) is 27.4 Å². The van der Waals surface area contributed by atoms with Crippen molar-refractivity contribution in [1.82, 2.24) is 19.7 Å². The number of aryl methyl sites for hydroxylation is 2. The van der Waals surface area contributed by atoms with Crippen molar-refractivity contribution in [3.63, 3.8) is 0 Å². The van der Waals surface area contributed by atoms with Gasteiger partial charge in [-0.2, -0.15) is 0 Å². The summed E-state index contributed by atoms with van der Waals surface area (Å²) in [5.74, 6) is -0.570. The van der Waals surface area contributed by atoms with Crippen LogP contribution in [0.4, 0.5) is 4.39 Å². The highest BCUT2D eigenvalue weighted by Crippen LogP contribution is 2.30. The molecule has 0 aliphatic carbocycles. The molecule has 4 rings (SSSR count). The average Bonchev–Trinajstić information content (AvgIpc) is 3.27. The second kappa shape index (κ2) is 10.4. The number of imidazole rings is 1. The summed E-state index contributed by atoms with van der Waals surface area (Å²) in [4.78, 5) is 33.4. The minimum atomic E-state index is -0.486. The standard InChI is InChI=1S/C28H31FN4O3/c1-6-7-19-10-17(4)32-27(34)21(19)14-30-28(35)24-13-20(18-8-9-25(36-5)22(29)11-18)12-23-26(16(2)3)31-15-33(23)24/h8-13,15-16H,6-7,14H2,1-5H3,(H,30,35)(H,32,34). The molecule has 0 aliphatic heterocycles. The Morgan fingerprint density at radius 3 is 2.64 bits per heavy atom. The molecular formula is C28H31FN4O3. The molecule has 0 fully saturated rings. The maximum Gasteiger partial charge on any atom is 0.268 e. The van der Waals surface area contributed by atoms with Crippen LogP contribution in [0.5, 0.6) is 5.75 Å². The van der Waals surface area contributed by atoms with Crippen molar-refractivity contribution in [1.29, 1.82) is 0 Å². The number of pyridine rings is 2. The minimum Gasteiger partial charge on any atom is -0.494 e. The van der Waals surface area contributed by atoms with Crippen molar-refractivity contribution in [3.05, 3.63) is 87.1 Å². The third kappa shape index (κ3) is 4.89. The first-order valence-corrected chi connectivity index (χ1v) is 12.1. The van der Waals surface area contributed by atoms with Crippen LogP contribution in [0.3, 0.4) is 0 Å². The largest absolute Gasteiger partial charge is 0.494 e. The SMILES string of the molecule is CCCc1cc(C)[nH]c(=O)c1CNC(=O)c1cc(-c2ccc(OC)c(F)c2)cc2c(C(C)C)ncn12. The van der Waals surface area contributed by atoms with Gasteiger partial charge in [0.2, 0.25) is 0 Å². The molecule has 0 atom stereocenters. The number of nitrogens with one attached hydrogen (secondary N) is 2. The molecule has 8 heteroatoms. The highest BCUT2D eigenvalue weighted by Gasteiger charge is 2.19. The zero-order valence-electron chi connectivity index (χ0n) is 21.2. The summed E-state index contributed by atoms with van der Waals surface area (Å²) in [5.41, 5.74) is 5.31. The summed E-state index contributed by atoms with van der Waals surface area (Å²) in [6, 6.07) is 10.3. The van der Waals surface area contributed by atoms with Crippen molar-refractivity contribution in [2.24, 2.45) is 0 Å². The number of halogens is 1. The number of aromatic nitrogens is 3. The molecule has 0 aliphatic rings. The van der Waals surface area contributed by atoms with Crippen LogP contribution >= 0.6 is 0 Å². The van der Waals surface area contributed by atoms with E-state index >= 15 is 0 Å². The number of hydrogen-bond acceptors (Lipinski definition) is 4. The molecule has 3 aromatic heterocycles. The number of fused-ring (bicyclic) bond motifs is 1. The van der Waals surface area contributed by atoms with Crippen molar-refractivity contribution in [2.75, 3.05) is 7.11 Å². The molecule has 4 aromatic rings. The molecular weight excluding hydrogens is 459 g/mol. The molecule has 3 heterocycles. The summed E-state index contributed by atoms with van der Waals surface area (Å²) in [7, 11) is 1.42. The van der Waals surface area contributed by atoms with Crippen molar-refractivity contribution in [2.45, 2.75) is 53.0 Å². The van der Waals surface area contributed by atoms with Gasteiger partial charge in [-0.1, -0.05) is 33.3 Å². The van der Waals surface area contributed by atoms with Gasteiger partial charge in [0.05, 0.1) is 18.3 Å². The van der Waals surface area contributed by atoms with Crippen LogP contribution in [0.2, 0.25) is 0 Å². The first kappa shape index (κ1) is 25.2. The Morgan fingerprint density at radius 1 is 1.19 bits per heavy atom.